The Morgan fingerprint density at radius 2 is 1.81 bits per heavy atom. The van der Waals surface area contributed by atoms with E-state index in [4.69, 9.17) is 4.55 Å². The molecule has 12 nitrogen and oxygen atoms in total. The highest BCUT2D eigenvalue weighted by Gasteiger charge is 2.48. The second-order valence-corrected chi connectivity index (χ2v) is 7.04. The standard InChI is InChI=1S/C14H11N5O7S/c20-11-6-10(27(23,24)25)14(22)19(11)26-12(21)5-8-1-3-9(4-2-8)13-17-15-7-16-18-13/h1-4,7,10H,5-6H2,(H,23,24,25). The SMILES string of the molecule is O=C(Cc1ccc(-c2nncnn2)cc1)ON1C(=O)CC(S(=O)(=O)O)C1=O. The number of carbonyl (C=O) groups is 3. The molecular formula is C14H11N5O7S. The van der Waals surface area contributed by atoms with E-state index in [2.05, 4.69) is 25.2 Å². The molecule has 2 amide bonds. The van der Waals surface area contributed by atoms with Gasteiger partial charge in [0.2, 0.25) is 5.82 Å². The Balaban J connectivity index is 1.64. The summed E-state index contributed by atoms with van der Waals surface area (Å²) >= 11 is 0. The number of hydrogen-bond acceptors (Lipinski definition) is 10. The molecule has 1 aliphatic rings. The van der Waals surface area contributed by atoms with Crippen molar-refractivity contribution in [3.05, 3.63) is 36.2 Å². The number of hydrogen-bond donors (Lipinski definition) is 1. The van der Waals surface area contributed by atoms with Crippen LogP contribution in [0.15, 0.2) is 30.6 Å². The van der Waals surface area contributed by atoms with E-state index in [1.807, 2.05) is 0 Å². The Labute approximate surface area is 151 Å². The summed E-state index contributed by atoms with van der Waals surface area (Å²) < 4.78 is 31.0. The van der Waals surface area contributed by atoms with Crippen LogP contribution in [0.2, 0.25) is 0 Å². The van der Waals surface area contributed by atoms with Crippen molar-refractivity contribution >= 4 is 27.9 Å². The van der Waals surface area contributed by atoms with Crippen LogP contribution >= 0.6 is 0 Å². The minimum Gasteiger partial charge on any atom is -0.330 e. The quantitative estimate of drug-likeness (QED) is 0.485. The molecule has 1 N–H and O–H groups in total. The molecule has 1 aromatic heterocycles. The van der Waals surface area contributed by atoms with Gasteiger partial charge in [0.15, 0.2) is 11.6 Å². The maximum atomic E-state index is 11.9. The molecule has 2 aromatic rings. The van der Waals surface area contributed by atoms with Crippen LogP contribution in [-0.4, -0.2) is 61.5 Å². The molecule has 27 heavy (non-hydrogen) atoms. The van der Waals surface area contributed by atoms with E-state index in [9.17, 15) is 22.8 Å². The van der Waals surface area contributed by atoms with Crippen molar-refractivity contribution in [2.45, 2.75) is 18.1 Å². The van der Waals surface area contributed by atoms with Gasteiger partial charge in [-0.2, -0.15) is 8.42 Å². The summed E-state index contributed by atoms with van der Waals surface area (Å²) in [6.45, 7) is 0. The molecule has 1 aromatic carbocycles. The highest BCUT2D eigenvalue weighted by Crippen LogP contribution is 2.20. The number of aromatic nitrogens is 4. The smallest absolute Gasteiger partial charge is 0.330 e. The number of rotatable bonds is 5. The molecule has 0 bridgehead atoms. The van der Waals surface area contributed by atoms with E-state index >= 15 is 0 Å². The van der Waals surface area contributed by atoms with Crippen LogP contribution in [-0.2, 0) is 35.8 Å². The van der Waals surface area contributed by atoms with Crippen molar-refractivity contribution in [1.82, 2.24) is 25.5 Å². The molecular weight excluding hydrogens is 382 g/mol. The lowest BCUT2D eigenvalue weighted by atomic mass is 10.1. The number of imide groups is 1. The van der Waals surface area contributed by atoms with Crippen molar-refractivity contribution in [2.24, 2.45) is 0 Å². The van der Waals surface area contributed by atoms with Gasteiger partial charge >= 0.3 is 5.97 Å². The molecule has 1 atom stereocenters. The van der Waals surface area contributed by atoms with Gasteiger partial charge in [-0.15, -0.1) is 25.5 Å². The monoisotopic (exact) mass is 393 g/mol. The van der Waals surface area contributed by atoms with Crippen LogP contribution < -0.4 is 0 Å². The summed E-state index contributed by atoms with van der Waals surface area (Å²) in [6.07, 6.45) is 0.0974. The van der Waals surface area contributed by atoms with E-state index < -0.39 is 39.6 Å². The average molecular weight is 393 g/mol. The summed E-state index contributed by atoms with van der Waals surface area (Å²) in [6, 6.07) is 6.37. The van der Waals surface area contributed by atoms with Crippen LogP contribution in [0.4, 0.5) is 0 Å². The first-order valence-corrected chi connectivity index (χ1v) is 8.89. The van der Waals surface area contributed by atoms with Gasteiger partial charge in [0, 0.05) is 5.56 Å². The zero-order chi connectivity index (χ0) is 19.6. The zero-order valence-electron chi connectivity index (χ0n) is 13.4. The van der Waals surface area contributed by atoms with Crippen molar-refractivity contribution in [3.63, 3.8) is 0 Å². The van der Waals surface area contributed by atoms with Crippen LogP contribution in [0, 0.1) is 0 Å². The molecule has 1 saturated heterocycles. The van der Waals surface area contributed by atoms with Gasteiger partial charge in [-0.25, -0.2) is 4.79 Å². The highest BCUT2D eigenvalue weighted by atomic mass is 32.2. The first-order chi connectivity index (χ1) is 12.8. The summed E-state index contributed by atoms with van der Waals surface area (Å²) in [7, 11) is -4.77. The number of benzene rings is 1. The summed E-state index contributed by atoms with van der Waals surface area (Å²) in [5.74, 6) is -3.02. The molecule has 13 heteroatoms. The van der Waals surface area contributed by atoms with Crippen LogP contribution in [0.1, 0.15) is 12.0 Å². The normalized spacial score (nSPS) is 17.2. The van der Waals surface area contributed by atoms with Crippen LogP contribution in [0.25, 0.3) is 11.4 Å². The first kappa shape index (κ1) is 18.5. The predicted octanol–water partition coefficient (Wildman–Crippen LogP) is -1.05. The number of carbonyl (C=O) groups excluding carboxylic acids is 3. The van der Waals surface area contributed by atoms with E-state index in [0.29, 0.717) is 11.1 Å². The summed E-state index contributed by atoms with van der Waals surface area (Å²) in [4.78, 5) is 40.1. The summed E-state index contributed by atoms with van der Waals surface area (Å²) in [5.41, 5.74) is 1.10. The molecule has 1 fully saturated rings. The molecule has 0 aliphatic carbocycles. The Bertz CT molecular complexity index is 994. The van der Waals surface area contributed by atoms with E-state index in [-0.39, 0.29) is 17.3 Å². The Kier molecular flexibility index (Phi) is 4.87. The molecule has 1 unspecified atom stereocenters. The molecule has 0 radical (unpaired) electrons. The van der Waals surface area contributed by atoms with Gasteiger partial charge in [-0.05, 0) is 5.56 Å². The van der Waals surface area contributed by atoms with E-state index in [1.54, 1.807) is 24.3 Å². The fraction of sp³-hybridized carbons (Fsp3) is 0.214. The van der Waals surface area contributed by atoms with Gasteiger partial charge in [0.25, 0.3) is 21.9 Å². The second kappa shape index (κ2) is 7.13. The van der Waals surface area contributed by atoms with Crippen molar-refractivity contribution in [2.75, 3.05) is 0 Å². The van der Waals surface area contributed by atoms with Gasteiger partial charge in [0.1, 0.15) is 0 Å². The lowest BCUT2D eigenvalue weighted by Gasteiger charge is -2.13. The van der Waals surface area contributed by atoms with Gasteiger partial charge < -0.3 is 4.84 Å². The molecule has 1 aliphatic heterocycles. The van der Waals surface area contributed by atoms with Crippen molar-refractivity contribution < 1.29 is 32.2 Å². The highest BCUT2D eigenvalue weighted by molar-refractivity contribution is 7.87. The van der Waals surface area contributed by atoms with E-state index in [1.165, 1.54) is 6.33 Å². The van der Waals surface area contributed by atoms with E-state index in [0.717, 1.165) is 0 Å². The number of hydroxylamine groups is 2. The average Bonchev–Trinajstić information content (AvgIpc) is 2.91. The Hall–Kier alpha value is -3.32. The van der Waals surface area contributed by atoms with Crippen LogP contribution in [0.3, 0.4) is 0 Å². The third kappa shape index (κ3) is 4.09. The summed E-state index contributed by atoms with van der Waals surface area (Å²) in [5, 5.41) is 12.9. The van der Waals surface area contributed by atoms with Gasteiger partial charge in [-0.3, -0.25) is 14.1 Å². The fourth-order valence-corrected chi connectivity index (χ4v) is 3.01. The number of amides is 2. The predicted molar refractivity (Wildman–Crippen MR) is 84.7 cm³/mol. The molecule has 2 heterocycles. The maximum Gasteiger partial charge on any atom is 0.337 e. The van der Waals surface area contributed by atoms with Crippen LogP contribution in [0.5, 0.6) is 0 Å². The number of nitrogens with zero attached hydrogens (tertiary/aromatic N) is 5. The Morgan fingerprint density at radius 1 is 1.19 bits per heavy atom. The topological polar surface area (TPSA) is 170 Å². The zero-order valence-corrected chi connectivity index (χ0v) is 14.2. The van der Waals surface area contributed by atoms with Gasteiger partial charge in [-0.1, -0.05) is 24.3 Å². The first-order valence-electron chi connectivity index (χ1n) is 7.39. The third-order valence-electron chi connectivity index (χ3n) is 3.58. The van der Waals surface area contributed by atoms with Gasteiger partial charge in [0.05, 0.1) is 12.8 Å². The largest absolute Gasteiger partial charge is 0.337 e. The Morgan fingerprint density at radius 3 is 2.37 bits per heavy atom. The molecule has 0 spiro atoms. The lowest BCUT2D eigenvalue weighted by Crippen LogP contribution is -2.37. The molecule has 140 valence electrons. The maximum absolute atomic E-state index is 11.9. The second-order valence-electron chi connectivity index (χ2n) is 5.44. The van der Waals surface area contributed by atoms with Crippen molar-refractivity contribution in [3.8, 4) is 11.4 Å². The molecule has 0 saturated carbocycles. The van der Waals surface area contributed by atoms with Crippen molar-refractivity contribution in [1.29, 1.82) is 0 Å². The lowest BCUT2D eigenvalue weighted by molar-refractivity contribution is -0.196. The molecule has 3 rings (SSSR count). The third-order valence-corrected chi connectivity index (χ3v) is 4.67. The fourth-order valence-electron chi connectivity index (χ4n) is 2.30. The minimum atomic E-state index is -4.77. The minimum absolute atomic E-state index is 0.0598.